The van der Waals surface area contributed by atoms with E-state index in [9.17, 15) is 9.59 Å². The third kappa shape index (κ3) is 7.05. The Morgan fingerprint density at radius 3 is 2.66 bits per heavy atom. The molecule has 0 radical (unpaired) electrons. The number of aryl methyl sites for hydroxylation is 1. The fourth-order valence-corrected chi connectivity index (χ4v) is 3.60. The highest BCUT2D eigenvalue weighted by Crippen LogP contribution is 2.28. The molecule has 2 amide bonds. The summed E-state index contributed by atoms with van der Waals surface area (Å²) in [6.07, 6.45) is 0.831. The van der Waals surface area contributed by atoms with Crippen molar-refractivity contribution >= 4 is 39.3 Å². The van der Waals surface area contributed by atoms with Crippen LogP contribution in [0.4, 0.5) is 0 Å². The standard InChI is InChI=1S/C22H26BrClN2O3/c1-4-10-25-22(28)16(3)26(13-17-7-5-6-15(2)11-17)21(27)14-29-20-9-8-18(24)12-19(20)23/h5-9,11-12,16H,4,10,13-14H2,1-3H3,(H,25,28). The van der Waals surface area contributed by atoms with Gasteiger partial charge >= 0.3 is 0 Å². The van der Waals surface area contributed by atoms with E-state index in [2.05, 4.69) is 21.2 Å². The maximum atomic E-state index is 13.0. The molecule has 0 fully saturated rings. The summed E-state index contributed by atoms with van der Waals surface area (Å²) in [7, 11) is 0. The summed E-state index contributed by atoms with van der Waals surface area (Å²) in [5.41, 5.74) is 2.06. The lowest BCUT2D eigenvalue weighted by atomic mass is 10.1. The van der Waals surface area contributed by atoms with Crippen molar-refractivity contribution in [3.8, 4) is 5.75 Å². The van der Waals surface area contributed by atoms with E-state index in [-0.39, 0.29) is 18.4 Å². The maximum Gasteiger partial charge on any atom is 0.261 e. The fraction of sp³-hybridized carbons (Fsp3) is 0.364. The number of hydrogen-bond acceptors (Lipinski definition) is 3. The highest BCUT2D eigenvalue weighted by molar-refractivity contribution is 9.10. The van der Waals surface area contributed by atoms with Gasteiger partial charge in [0.05, 0.1) is 4.47 Å². The van der Waals surface area contributed by atoms with Gasteiger partial charge in [0.2, 0.25) is 5.91 Å². The van der Waals surface area contributed by atoms with Gasteiger partial charge in [-0.1, -0.05) is 48.4 Å². The van der Waals surface area contributed by atoms with Gasteiger partial charge in [-0.3, -0.25) is 9.59 Å². The monoisotopic (exact) mass is 480 g/mol. The van der Waals surface area contributed by atoms with E-state index in [1.54, 1.807) is 30.0 Å². The molecule has 1 atom stereocenters. The molecule has 0 saturated carbocycles. The van der Waals surface area contributed by atoms with Crippen LogP contribution in [-0.2, 0) is 16.1 Å². The van der Waals surface area contributed by atoms with Crippen LogP contribution in [0, 0.1) is 6.92 Å². The molecule has 2 aromatic carbocycles. The molecule has 0 aliphatic heterocycles. The van der Waals surface area contributed by atoms with Crippen LogP contribution in [0.2, 0.25) is 5.02 Å². The smallest absolute Gasteiger partial charge is 0.261 e. The van der Waals surface area contributed by atoms with Crippen molar-refractivity contribution in [1.29, 1.82) is 0 Å². The van der Waals surface area contributed by atoms with E-state index in [0.29, 0.717) is 28.3 Å². The molecular formula is C22H26BrClN2O3. The summed E-state index contributed by atoms with van der Waals surface area (Å²) in [6.45, 7) is 6.43. The number of benzene rings is 2. The lowest BCUT2D eigenvalue weighted by molar-refractivity contribution is -0.142. The molecule has 0 bridgehead atoms. The number of halogens is 2. The number of rotatable bonds is 9. The van der Waals surface area contributed by atoms with E-state index in [1.165, 1.54) is 0 Å². The molecule has 0 aliphatic rings. The minimum atomic E-state index is -0.619. The molecule has 1 unspecified atom stereocenters. The van der Waals surface area contributed by atoms with E-state index < -0.39 is 6.04 Å². The Morgan fingerprint density at radius 1 is 1.24 bits per heavy atom. The molecule has 0 saturated heterocycles. The van der Waals surface area contributed by atoms with Gasteiger partial charge in [-0.05, 0) is 60.0 Å². The zero-order valence-corrected chi connectivity index (χ0v) is 19.2. The van der Waals surface area contributed by atoms with Crippen molar-refractivity contribution in [2.24, 2.45) is 0 Å². The Balaban J connectivity index is 2.15. The van der Waals surface area contributed by atoms with Gasteiger partial charge in [-0.15, -0.1) is 0 Å². The van der Waals surface area contributed by atoms with E-state index in [1.807, 2.05) is 38.1 Å². The lowest BCUT2D eigenvalue weighted by Crippen LogP contribution is -2.49. The van der Waals surface area contributed by atoms with E-state index >= 15 is 0 Å². The molecule has 29 heavy (non-hydrogen) atoms. The highest BCUT2D eigenvalue weighted by atomic mass is 79.9. The van der Waals surface area contributed by atoms with E-state index in [4.69, 9.17) is 16.3 Å². The first kappa shape index (κ1) is 23.2. The third-order valence-corrected chi connectivity index (χ3v) is 5.25. The summed E-state index contributed by atoms with van der Waals surface area (Å²) in [4.78, 5) is 27.0. The first-order valence-corrected chi connectivity index (χ1v) is 10.7. The molecule has 1 N–H and O–H groups in total. The maximum absolute atomic E-state index is 13.0. The van der Waals surface area contributed by atoms with Crippen LogP contribution < -0.4 is 10.1 Å². The van der Waals surface area contributed by atoms with Crippen LogP contribution in [0.5, 0.6) is 5.75 Å². The fourth-order valence-electron chi connectivity index (χ4n) is 2.80. The second-order valence-electron chi connectivity index (χ2n) is 6.84. The van der Waals surface area contributed by atoms with Gasteiger partial charge in [0.25, 0.3) is 5.91 Å². The van der Waals surface area contributed by atoms with Crippen molar-refractivity contribution in [3.63, 3.8) is 0 Å². The van der Waals surface area contributed by atoms with Crippen LogP contribution in [-0.4, -0.2) is 35.9 Å². The van der Waals surface area contributed by atoms with Gasteiger partial charge in [0.1, 0.15) is 11.8 Å². The Labute approximate surface area is 185 Å². The van der Waals surface area contributed by atoms with Crippen molar-refractivity contribution in [3.05, 3.63) is 63.1 Å². The number of amides is 2. The average molecular weight is 482 g/mol. The number of carbonyl (C=O) groups is 2. The SMILES string of the molecule is CCCNC(=O)C(C)N(Cc1cccc(C)c1)C(=O)COc1ccc(Cl)cc1Br. The lowest BCUT2D eigenvalue weighted by Gasteiger charge is -2.29. The highest BCUT2D eigenvalue weighted by Gasteiger charge is 2.26. The molecule has 0 aromatic heterocycles. The predicted octanol–water partition coefficient (Wildman–Crippen LogP) is 4.73. The molecule has 0 aliphatic carbocycles. The molecular weight excluding hydrogens is 456 g/mol. The quantitative estimate of drug-likeness (QED) is 0.563. The normalized spacial score (nSPS) is 11.6. The Hall–Kier alpha value is -2.05. The molecule has 7 heteroatoms. The van der Waals surface area contributed by atoms with Crippen LogP contribution >= 0.6 is 27.5 Å². The Morgan fingerprint density at radius 2 is 2.00 bits per heavy atom. The summed E-state index contributed by atoms with van der Waals surface area (Å²) in [5.74, 6) is 0.0642. The number of nitrogens with one attached hydrogen (secondary N) is 1. The van der Waals surface area contributed by atoms with Crippen LogP contribution in [0.15, 0.2) is 46.9 Å². The molecule has 5 nitrogen and oxygen atoms in total. The second kappa shape index (κ2) is 11.2. The zero-order chi connectivity index (χ0) is 21.4. The predicted molar refractivity (Wildman–Crippen MR) is 119 cm³/mol. The van der Waals surface area contributed by atoms with Gasteiger partial charge in [-0.2, -0.15) is 0 Å². The molecule has 0 spiro atoms. The van der Waals surface area contributed by atoms with Crippen LogP contribution in [0.25, 0.3) is 0 Å². The summed E-state index contributed by atoms with van der Waals surface area (Å²) in [5, 5.41) is 3.43. The van der Waals surface area contributed by atoms with Crippen molar-refractivity contribution < 1.29 is 14.3 Å². The van der Waals surface area contributed by atoms with Crippen molar-refractivity contribution in [1.82, 2.24) is 10.2 Å². The minimum Gasteiger partial charge on any atom is -0.483 e. The van der Waals surface area contributed by atoms with Crippen LogP contribution in [0.1, 0.15) is 31.4 Å². The minimum absolute atomic E-state index is 0.180. The van der Waals surface area contributed by atoms with Gasteiger partial charge in [-0.25, -0.2) is 0 Å². The van der Waals surface area contributed by atoms with Crippen molar-refractivity contribution in [2.45, 2.75) is 39.8 Å². The zero-order valence-electron chi connectivity index (χ0n) is 16.9. The number of hydrogen-bond donors (Lipinski definition) is 1. The molecule has 0 heterocycles. The van der Waals surface area contributed by atoms with Gasteiger partial charge < -0.3 is 15.0 Å². The first-order valence-electron chi connectivity index (χ1n) is 9.52. The largest absolute Gasteiger partial charge is 0.483 e. The van der Waals surface area contributed by atoms with Crippen LogP contribution in [0.3, 0.4) is 0 Å². The molecule has 2 aromatic rings. The molecule has 2 rings (SSSR count). The van der Waals surface area contributed by atoms with Crippen molar-refractivity contribution in [2.75, 3.05) is 13.2 Å². The van der Waals surface area contributed by atoms with Gasteiger partial charge in [0.15, 0.2) is 6.61 Å². The topological polar surface area (TPSA) is 58.6 Å². The second-order valence-corrected chi connectivity index (χ2v) is 8.13. The summed E-state index contributed by atoms with van der Waals surface area (Å²) >= 11 is 9.32. The number of ether oxygens (including phenoxy) is 1. The third-order valence-electron chi connectivity index (χ3n) is 4.40. The number of carbonyl (C=O) groups excluding carboxylic acids is 2. The molecule has 156 valence electrons. The number of nitrogens with zero attached hydrogens (tertiary/aromatic N) is 1. The first-order chi connectivity index (χ1) is 13.8. The summed E-state index contributed by atoms with van der Waals surface area (Å²) in [6, 6.07) is 12.4. The Kier molecular flexibility index (Phi) is 8.99. The Bertz CT molecular complexity index is 860. The van der Waals surface area contributed by atoms with E-state index in [0.717, 1.165) is 17.5 Å². The summed E-state index contributed by atoms with van der Waals surface area (Å²) < 4.78 is 6.34. The van der Waals surface area contributed by atoms with Gasteiger partial charge in [0, 0.05) is 18.1 Å². The average Bonchev–Trinajstić information content (AvgIpc) is 2.69.